The van der Waals surface area contributed by atoms with Gasteiger partial charge in [-0.05, 0) is 112 Å². The number of aromatic amines is 3. The quantitative estimate of drug-likeness (QED) is 0.0279. The summed E-state index contributed by atoms with van der Waals surface area (Å²) in [6.45, 7) is 2.68. The first kappa shape index (κ1) is 103. The van der Waals surface area contributed by atoms with Gasteiger partial charge in [0, 0.05) is 119 Å². The first-order chi connectivity index (χ1) is 63.5. The molecule has 0 radical (unpaired) electrons. The highest BCUT2D eigenvalue weighted by Crippen LogP contribution is 2.28. The molecule has 133 heavy (non-hydrogen) atoms. The Morgan fingerprint density at radius 2 is 0.977 bits per heavy atom. The molecule has 3 aliphatic rings. The van der Waals surface area contributed by atoms with Crippen LogP contribution in [0.3, 0.4) is 0 Å². The van der Waals surface area contributed by atoms with Gasteiger partial charge in [0.25, 0.3) is 0 Å². The average molecular weight is 1870 g/mol. The number of aromatic hydroxyl groups is 1. The summed E-state index contributed by atoms with van der Waals surface area (Å²) < 4.78 is 0. The highest BCUT2D eigenvalue weighted by molar-refractivity contribution is 8.00. The number of carboxylic acid groups (broad SMARTS) is 2. The predicted molar refractivity (Wildman–Crippen MR) is 483 cm³/mol. The van der Waals surface area contributed by atoms with Gasteiger partial charge in [0.15, 0.2) is 0 Å². The molecule has 720 valence electrons. The number of carboxylic acids is 2. The molecule has 0 aliphatic carbocycles. The number of amides is 16. The summed E-state index contributed by atoms with van der Waals surface area (Å²) in [7, 11) is 3.85. The molecule has 0 unspecified atom stereocenters. The van der Waals surface area contributed by atoms with Crippen molar-refractivity contribution in [1.82, 2.24) is 97.6 Å². The van der Waals surface area contributed by atoms with Crippen molar-refractivity contribution >= 4 is 140 Å². The van der Waals surface area contributed by atoms with E-state index in [1.165, 1.54) is 69.8 Å². The summed E-state index contributed by atoms with van der Waals surface area (Å²) in [5.41, 5.74) is 14.3. The van der Waals surface area contributed by atoms with E-state index in [2.05, 4.69) is 73.1 Å². The zero-order valence-corrected chi connectivity index (χ0v) is 75.9. The van der Waals surface area contributed by atoms with Crippen molar-refractivity contribution in [3.8, 4) is 5.75 Å². The number of aromatic nitrogens is 4. The van der Waals surface area contributed by atoms with Crippen LogP contribution in [0.5, 0.6) is 5.75 Å². The van der Waals surface area contributed by atoms with Crippen molar-refractivity contribution in [2.75, 3.05) is 65.4 Å². The number of carbonyl (C=O) groups is 18. The fourth-order valence-corrected chi connectivity index (χ4v) is 17.2. The number of para-hydroxylation sites is 2. The Hall–Kier alpha value is -13.5. The number of benzene rings is 3. The third-order valence-electron chi connectivity index (χ3n) is 23.9. The zero-order chi connectivity index (χ0) is 96.9. The number of primary amides is 1. The number of likely N-dealkylation sites (N-methyl/N-ethyl adjacent to an activating group) is 3. The first-order valence-electron chi connectivity index (χ1n) is 44.4. The SMILES string of the molecule is CCCC[C@H]1C(=O)N(C)[C@@H](CCCC)C(=O)N[C@@H](CCC(=O)O)C(=O)N[C@H](C(=O)NCC(N)=O)CSCC(=O)N[C@@H](Cc2ccc(O)cc2)C(=O)N(C)[C@@H](C)C(=O)N[C@@H](CCN)C(=O)N2CCC[C@H]2C(=O)N[C@@H](Cc2c[nH]cn2)C(=O)N[C@@H](CCC(=O)O)C(=O)N2CCC[C@H]2C(=O)N[C@@H](Cc2c[nH]c3ccccc23)C(=O)N[C@@H](CO)C(=O)N[C@@H](Cc2c[nH]c3ccccc23)C(=O)N1C. The van der Waals surface area contributed by atoms with Crippen LogP contribution in [-0.4, -0.2) is 321 Å². The number of thioether (sulfide) groups is 1. The summed E-state index contributed by atoms with van der Waals surface area (Å²) in [6, 6.07) is -2.38. The fraction of sp³-hybridized carbons (Fsp3) is 0.517. The second kappa shape index (κ2) is 49.6. The van der Waals surface area contributed by atoms with Gasteiger partial charge in [-0.3, -0.25) is 86.3 Å². The van der Waals surface area contributed by atoms with E-state index in [4.69, 9.17) is 11.5 Å². The van der Waals surface area contributed by atoms with Crippen LogP contribution >= 0.6 is 11.8 Å². The van der Waals surface area contributed by atoms with Gasteiger partial charge in [-0.25, -0.2) is 4.98 Å². The molecule has 0 spiro atoms. The molecule has 16 amide bonds. The van der Waals surface area contributed by atoms with Crippen molar-refractivity contribution in [3.05, 3.63) is 120 Å². The van der Waals surface area contributed by atoms with Crippen LogP contribution in [0.25, 0.3) is 21.8 Å². The normalized spacial score (nSPS) is 24.4. The molecular weight excluding hydrogens is 1750 g/mol. The van der Waals surface area contributed by atoms with Crippen LogP contribution in [0.1, 0.15) is 139 Å². The summed E-state index contributed by atoms with van der Waals surface area (Å²) in [6.07, 6.45) is 3.62. The Morgan fingerprint density at radius 3 is 1.52 bits per heavy atom. The third-order valence-corrected chi connectivity index (χ3v) is 25.0. The maximum absolute atomic E-state index is 15.7. The molecule has 43 nitrogen and oxygen atoms in total. The monoisotopic (exact) mass is 1870 g/mol. The smallest absolute Gasteiger partial charge is 0.303 e. The van der Waals surface area contributed by atoms with E-state index in [1.54, 1.807) is 67.8 Å². The molecule has 9 rings (SSSR count). The molecule has 3 saturated heterocycles. The standard InChI is InChI=1S/C89H121N21O22S/c1-7-9-21-68-82(125)98-59(29-31-74(115)116)78(121)105-67(77(120)95-44-72(91)113)46-133-47-73(114)97-64(37-50-25-27-54(112)28-26-50)85(128)106(4)49(3)76(119)99-61(33-34-90)88(131)110-36-16-24-70(110)84(127)102-63(40-53-43-92-48-96-53)80(123)100-60(30-32-75(117)118)87(130)109-35-15-23-69(109)83(126)101-62(38-51-41-93-57-19-13-11-17-55(51)57)79(122)104-66(45-111)81(124)103-65(39-52-42-94-58-20-14-12-18-56(52)58)86(129)108(6)71(22-10-8-2)89(132)107(68)5/h11-14,17-20,25-28,41-43,48-49,59-71,93-94,111-112H,7-10,15-16,21-24,29-40,44-47,90H2,1-6H3,(H2,91,113)(H,92,96)(H,95,120)(H,97,114)(H,98,125)(H,99,119)(H,100,123)(H,101,126)(H,102,127)(H,103,124)(H,104,122)(H,105,121)(H,115,116)(H,117,118)/t49-,59-,60-,61-,62-,63-,64-,65-,66-,67-,68-,69-,70-,71-/m0/s1. The van der Waals surface area contributed by atoms with Gasteiger partial charge in [-0.2, -0.15) is 0 Å². The van der Waals surface area contributed by atoms with E-state index < -0.39 is 241 Å². The van der Waals surface area contributed by atoms with Gasteiger partial charge in [0.2, 0.25) is 94.5 Å². The third kappa shape index (κ3) is 28.5. The van der Waals surface area contributed by atoms with E-state index >= 15 is 33.6 Å². The Bertz CT molecular complexity index is 5150. The minimum Gasteiger partial charge on any atom is -0.508 e. The molecule has 0 saturated carbocycles. The number of nitrogens with two attached hydrogens (primary N) is 2. The van der Waals surface area contributed by atoms with Gasteiger partial charge in [-0.15, -0.1) is 11.8 Å². The maximum Gasteiger partial charge on any atom is 0.303 e. The fourth-order valence-electron chi connectivity index (χ4n) is 16.4. The molecule has 3 aliphatic heterocycles. The number of nitrogens with one attached hydrogen (secondary N) is 13. The van der Waals surface area contributed by atoms with E-state index in [1.807, 2.05) is 6.92 Å². The molecule has 0 bridgehead atoms. The van der Waals surface area contributed by atoms with Gasteiger partial charge in [0.05, 0.1) is 30.9 Å². The highest BCUT2D eigenvalue weighted by atomic mass is 32.2. The number of aliphatic hydroxyl groups is 1. The number of imidazole rings is 1. The van der Waals surface area contributed by atoms with Gasteiger partial charge < -0.3 is 125 Å². The number of hydrogen-bond donors (Lipinski definition) is 19. The van der Waals surface area contributed by atoms with Gasteiger partial charge in [0.1, 0.15) is 90.3 Å². The van der Waals surface area contributed by atoms with E-state index in [9.17, 15) is 73.2 Å². The van der Waals surface area contributed by atoms with E-state index in [0.29, 0.717) is 57.8 Å². The number of rotatable bonds is 26. The molecule has 3 aromatic heterocycles. The number of aliphatic carboxylic acids is 2. The number of fused-ring (bicyclic) bond motifs is 4. The molecule has 3 aromatic carbocycles. The lowest BCUT2D eigenvalue weighted by molar-refractivity contribution is -0.149. The number of unbranched alkanes of at least 4 members (excludes halogenated alkanes) is 2. The number of phenolic OH excluding ortho intramolecular Hbond substituents is 1. The topological polar surface area (TPSA) is 637 Å². The number of hydrogen-bond acceptors (Lipinski definition) is 23. The summed E-state index contributed by atoms with van der Waals surface area (Å²) in [4.78, 5) is 280. The Labute approximate surface area is 770 Å². The molecule has 6 heterocycles. The van der Waals surface area contributed by atoms with E-state index in [0.717, 1.165) is 31.4 Å². The van der Waals surface area contributed by atoms with Crippen molar-refractivity contribution in [3.63, 3.8) is 0 Å². The Balaban J connectivity index is 1.09. The second-order valence-corrected chi connectivity index (χ2v) is 34.4. The number of nitrogens with zero attached hydrogens (tertiary/aromatic N) is 6. The van der Waals surface area contributed by atoms with Crippen LogP contribution in [0, 0.1) is 0 Å². The van der Waals surface area contributed by atoms with Crippen LogP contribution < -0.4 is 64.6 Å². The van der Waals surface area contributed by atoms with Crippen LogP contribution in [-0.2, 0) is 112 Å². The number of aliphatic hydroxyl groups excluding tert-OH is 1. The molecule has 21 N–H and O–H groups in total. The second-order valence-electron chi connectivity index (χ2n) is 33.4. The highest BCUT2D eigenvalue weighted by Gasteiger charge is 2.45. The number of H-pyrrole nitrogens is 3. The Kier molecular flexibility index (Phi) is 38.5. The van der Waals surface area contributed by atoms with Crippen LogP contribution in [0.4, 0.5) is 0 Å². The van der Waals surface area contributed by atoms with Crippen molar-refractivity contribution in [2.24, 2.45) is 11.5 Å². The number of carbonyl (C=O) groups excluding carboxylic acids is 16. The largest absolute Gasteiger partial charge is 0.508 e. The van der Waals surface area contributed by atoms with Gasteiger partial charge >= 0.3 is 11.9 Å². The van der Waals surface area contributed by atoms with Crippen molar-refractivity contribution < 1.29 is 107 Å². The van der Waals surface area contributed by atoms with Crippen LogP contribution in [0.2, 0.25) is 0 Å². The summed E-state index contributed by atoms with van der Waals surface area (Å²) in [5, 5.41) is 68.8. The van der Waals surface area contributed by atoms with Crippen LogP contribution in [0.15, 0.2) is 97.7 Å². The minimum absolute atomic E-state index is 0.0225. The molecule has 44 heteroatoms. The summed E-state index contributed by atoms with van der Waals surface area (Å²) in [5.74, 6) is -19.2. The minimum atomic E-state index is -1.90. The predicted octanol–water partition coefficient (Wildman–Crippen LogP) is -2.01. The molecule has 6 aromatic rings. The van der Waals surface area contributed by atoms with E-state index in [-0.39, 0.29) is 108 Å². The maximum atomic E-state index is 15.7. The summed E-state index contributed by atoms with van der Waals surface area (Å²) >= 11 is 0.725. The number of phenols is 1. The Morgan fingerprint density at radius 1 is 0.504 bits per heavy atom. The lowest BCUT2D eigenvalue weighted by atomic mass is 10.00. The van der Waals surface area contributed by atoms with Crippen molar-refractivity contribution in [1.29, 1.82) is 0 Å². The molecular formula is C89H121N21O22S. The lowest BCUT2D eigenvalue weighted by Gasteiger charge is -2.36. The first-order valence-corrected chi connectivity index (χ1v) is 45.6. The lowest BCUT2D eigenvalue weighted by Crippen LogP contribution is -2.61. The van der Waals surface area contributed by atoms with Crippen molar-refractivity contribution in [2.45, 2.75) is 227 Å². The van der Waals surface area contributed by atoms with Gasteiger partial charge in [-0.1, -0.05) is 88.1 Å². The molecule has 3 fully saturated rings. The molecule has 14 atom stereocenters. The average Bonchev–Trinajstić information content (AvgIpc) is 1.76. The zero-order valence-electron chi connectivity index (χ0n) is 75.1.